The Labute approximate surface area is 119 Å². The van der Waals surface area contributed by atoms with E-state index < -0.39 is 0 Å². The van der Waals surface area contributed by atoms with Crippen molar-refractivity contribution in [2.24, 2.45) is 11.7 Å². The molecule has 1 heterocycles. The molecule has 1 saturated heterocycles. The van der Waals surface area contributed by atoms with Crippen LogP contribution in [-0.2, 0) is 0 Å². The minimum Gasteiger partial charge on any atom is -0.330 e. The Bertz CT molecular complexity index is 264. The summed E-state index contributed by atoms with van der Waals surface area (Å²) in [5.41, 5.74) is 6.26. The molecule has 2 unspecified atom stereocenters. The topological polar surface area (TPSA) is 41.3 Å². The number of nitrogens with two attached hydrogens (primary N) is 1. The third-order valence-electron chi connectivity index (χ3n) is 5.11. The van der Waals surface area contributed by atoms with Gasteiger partial charge >= 0.3 is 0 Å². The molecule has 0 spiro atoms. The number of piperidine rings is 1. The molecule has 112 valence electrons. The Morgan fingerprint density at radius 1 is 1.05 bits per heavy atom. The lowest BCUT2D eigenvalue weighted by Gasteiger charge is -2.43. The molecule has 2 aliphatic rings. The largest absolute Gasteiger partial charge is 0.330 e. The minimum atomic E-state index is 0.329. The van der Waals surface area contributed by atoms with E-state index in [0.717, 1.165) is 18.5 Å². The first-order chi connectivity index (χ1) is 9.00. The molecule has 0 aromatic heterocycles. The van der Waals surface area contributed by atoms with E-state index in [9.17, 15) is 0 Å². The van der Waals surface area contributed by atoms with Crippen molar-refractivity contribution in [2.45, 2.75) is 76.9 Å². The molecule has 2 atom stereocenters. The Hall–Kier alpha value is -0.120. The Kier molecular flexibility index (Phi) is 5.27. The Morgan fingerprint density at radius 2 is 1.68 bits per heavy atom. The summed E-state index contributed by atoms with van der Waals surface area (Å²) in [4.78, 5) is 2.62. The van der Waals surface area contributed by atoms with Crippen LogP contribution in [0.4, 0.5) is 0 Å². The lowest BCUT2D eigenvalue weighted by molar-refractivity contribution is 0.0889. The van der Waals surface area contributed by atoms with Crippen LogP contribution in [0.3, 0.4) is 0 Å². The quantitative estimate of drug-likeness (QED) is 0.825. The Balaban J connectivity index is 1.78. The first kappa shape index (κ1) is 15.3. The van der Waals surface area contributed by atoms with Crippen molar-refractivity contribution in [2.75, 3.05) is 19.6 Å². The smallest absolute Gasteiger partial charge is 0.0125 e. The van der Waals surface area contributed by atoms with Gasteiger partial charge in [-0.1, -0.05) is 12.8 Å². The number of nitrogens with zero attached hydrogens (tertiary/aromatic N) is 1. The molecule has 3 heteroatoms. The van der Waals surface area contributed by atoms with Crippen molar-refractivity contribution < 1.29 is 0 Å². The van der Waals surface area contributed by atoms with E-state index >= 15 is 0 Å². The second-order valence-electron chi connectivity index (χ2n) is 7.49. The number of likely N-dealkylation sites (tertiary alicyclic amines) is 1. The van der Waals surface area contributed by atoms with Gasteiger partial charge in [0.25, 0.3) is 0 Å². The second kappa shape index (κ2) is 6.55. The van der Waals surface area contributed by atoms with Gasteiger partial charge in [0.15, 0.2) is 0 Å². The van der Waals surface area contributed by atoms with E-state index in [0.29, 0.717) is 11.6 Å². The molecule has 1 aliphatic carbocycles. The standard InChI is InChI=1S/C16H33N3/c1-16(2,3)19-10-8-14(9-11-19)18-15-7-5-4-6-13(15)12-17/h13-15,18H,4-12,17H2,1-3H3. The van der Waals surface area contributed by atoms with E-state index in [2.05, 4.69) is 31.0 Å². The van der Waals surface area contributed by atoms with Crippen LogP contribution in [0.15, 0.2) is 0 Å². The summed E-state index contributed by atoms with van der Waals surface area (Å²) in [5, 5.41) is 3.92. The lowest BCUT2D eigenvalue weighted by Crippen LogP contribution is -2.53. The van der Waals surface area contributed by atoms with Crippen LogP contribution in [0.1, 0.15) is 59.3 Å². The predicted molar refractivity (Wildman–Crippen MR) is 82.3 cm³/mol. The SMILES string of the molecule is CC(C)(C)N1CCC(NC2CCCCC2CN)CC1. The highest BCUT2D eigenvalue weighted by atomic mass is 15.2. The predicted octanol–water partition coefficient (Wildman–Crippen LogP) is 2.36. The zero-order valence-electron chi connectivity index (χ0n) is 13.1. The molecule has 19 heavy (non-hydrogen) atoms. The molecule has 2 fully saturated rings. The third-order valence-corrected chi connectivity index (χ3v) is 5.11. The summed E-state index contributed by atoms with van der Waals surface area (Å²) < 4.78 is 0. The lowest BCUT2D eigenvalue weighted by atomic mass is 9.83. The number of hydrogen-bond acceptors (Lipinski definition) is 3. The van der Waals surface area contributed by atoms with Crippen molar-refractivity contribution in [3.8, 4) is 0 Å². The van der Waals surface area contributed by atoms with Crippen LogP contribution in [0, 0.1) is 5.92 Å². The fourth-order valence-electron chi connectivity index (χ4n) is 3.73. The van der Waals surface area contributed by atoms with Crippen molar-refractivity contribution in [1.29, 1.82) is 0 Å². The molecule has 1 aliphatic heterocycles. The van der Waals surface area contributed by atoms with Gasteiger partial charge < -0.3 is 11.1 Å². The fraction of sp³-hybridized carbons (Fsp3) is 1.00. The van der Waals surface area contributed by atoms with E-state index in [1.165, 1.54) is 51.6 Å². The van der Waals surface area contributed by atoms with Crippen LogP contribution in [0.2, 0.25) is 0 Å². The van der Waals surface area contributed by atoms with Crippen LogP contribution < -0.4 is 11.1 Å². The van der Waals surface area contributed by atoms with Crippen molar-refractivity contribution in [1.82, 2.24) is 10.2 Å². The third kappa shape index (κ3) is 4.17. The van der Waals surface area contributed by atoms with E-state index in [4.69, 9.17) is 5.73 Å². The van der Waals surface area contributed by atoms with Crippen LogP contribution in [0.5, 0.6) is 0 Å². The molecular weight excluding hydrogens is 234 g/mol. The first-order valence-electron chi connectivity index (χ1n) is 8.22. The maximum atomic E-state index is 5.93. The summed E-state index contributed by atoms with van der Waals surface area (Å²) >= 11 is 0. The average Bonchev–Trinajstić information content (AvgIpc) is 2.39. The van der Waals surface area contributed by atoms with Crippen molar-refractivity contribution in [3.63, 3.8) is 0 Å². The fourth-order valence-corrected chi connectivity index (χ4v) is 3.73. The van der Waals surface area contributed by atoms with Crippen LogP contribution >= 0.6 is 0 Å². The van der Waals surface area contributed by atoms with Gasteiger partial charge in [0.05, 0.1) is 0 Å². The van der Waals surface area contributed by atoms with Crippen molar-refractivity contribution in [3.05, 3.63) is 0 Å². The van der Waals surface area contributed by atoms with Gasteiger partial charge in [0, 0.05) is 30.7 Å². The molecular formula is C16H33N3. The monoisotopic (exact) mass is 267 g/mol. The summed E-state index contributed by atoms with van der Waals surface area (Å²) in [6, 6.07) is 1.40. The average molecular weight is 267 g/mol. The Morgan fingerprint density at radius 3 is 2.26 bits per heavy atom. The van der Waals surface area contributed by atoms with E-state index in [1.54, 1.807) is 0 Å². The zero-order valence-corrected chi connectivity index (χ0v) is 13.1. The number of rotatable bonds is 3. The maximum Gasteiger partial charge on any atom is 0.0125 e. The van der Waals surface area contributed by atoms with Gasteiger partial charge in [0.2, 0.25) is 0 Å². The molecule has 0 bridgehead atoms. The molecule has 3 nitrogen and oxygen atoms in total. The molecule has 1 saturated carbocycles. The summed E-state index contributed by atoms with van der Waals surface area (Å²) in [6.07, 6.45) is 8.02. The van der Waals surface area contributed by atoms with E-state index in [-0.39, 0.29) is 0 Å². The van der Waals surface area contributed by atoms with Gasteiger partial charge in [-0.15, -0.1) is 0 Å². The number of hydrogen-bond donors (Lipinski definition) is 2. The van der Waals surface area contributed by atoms with Crippen LogP contribution in [-0.4, -0.2) is 42.2 Å². The van der Waals surface area contributed by atoms with Crippen molar-refractivity contribution >= 4 is 0 Å². The molecule has 0 aromatic rings. The van der Waals surface area contributed by atoms with Crippen LogP contribution in [0.25, 0.3) is 0 Å². The highest BCUT2D eigenvalue weighted by Gasteiger charge is 2.30. The molecule has 0 radical (unpaired) electrons. The van der Waals surface area contributed by atoms with Gasteiger partial charge in [-0.3, -0.25) is 4.90 Å². The van der Waals surface area contributed by atoms with Gasteiger partial charge in [-0.2, -0.15) is 0 Å². The molecule has 0 aromatic carbocycles. The zero-order chi connectivity index (χ0) is 13.9. The van der Waals surface area contributed by atoms with Gasteiger partial charge in [-0.05, 0) is 58.9 Å². The second-order valence-corrected chi connectivity index (χ2v) is 7.49. The highest BCUT2D eigenvalue weighted by molar-refractivity contribution is 4.89. The van der Waals surface area contributed by atoms with Gasteiger partial charge in [0.1, 0.15) is 0 Å². The maximum absolute atomic E-state index is 5.93. The summed E-state index contributed by atoms with van der Waals surface area (Å²) in [5.74, 6) is 0.717. The minimum absolute atomic E-state index is 0.329. The number of nitrogens with one attached hydrogen (secondary N) is 1. The summed E-state index contributed by atoms with van der Waals surface area (Å²) in [6.45, 7) is 10.3. The molecule has 2 rings (SSSR count). The van der Waals surface area contributed by atoms with Gasteiger partial charge in [-0.25, -0.2) is 0 Å². The first-order valence-corrected chi connectivity index (χ1v) is 8.22. The molecule has 0 amide bonds. The summed E-state index contributed by atoms with van der Waals surface area (Å²) in [7, 11) is 0. The molecule has 3 N–H and O–H groups in total. The normalized spacial score (nSPS) is 31.6. The highest BCUT2D eigenvalue weighted by Crippen LogP contribution is 2.26. The van der Waals surface area contributed by atoms with E-state index in [1.807, 2.05) is 0 Å².